The van der Waals surface area contributed by atoms with E-state index in [1.807, 2.05) is 0 Å². The number of halogens is 1. The summed E-state index contributed by atoms with van der Waals surface area (Å²) in [5.74, 6) is 0.587. The molecule has 0 saturated carbocycles. The first kappa shape index (κ1) is 20.3. The van der Waals surface area contributed by atoms with Crippen molar-refractivity contribution in [3.63, 3.8) is 0 Å². The average molecular weight is 474 g/mol. The summed E-state index contributed by atoms with van der Waals surface area (Å²) in [5, 5.41) is -0.595. The topological polar surface area (TPSA) is 80.8 Å². The number of benzene rings is 2. The molecule has 0 N–H and O–H groups in total. The number of methoxy groups -OCH3 is 1. The van der Waals surface area contributed by atoms with E-state index in [0.717, 1.165) is 4.47 Å². The van der Waals surface area contributed by atoms with Crippen LogP contribution in [0.15, 0.2) is 62.8 Å². The van der Waals surface area contributed by atoms with Crippen LogP contribution in [0.5, 0.6) is 5.75 Å². The van der Waals surface area contributed by atoms with Crippen LogP contribution in [0.1, 0.15) is 12.8 Å². The van der Waals surface area contributed by atoms with Gasteiger partial charge in [-0.25, -0.2) is 16.8 Å². The minimum atomic E-state index is -3.62. The minimum Gasteiger partial charge on any atom is -0.497 e. The predicted molar refractivity (Wildman–Crippen MR) is 106 cm³/mol. The molecule has 0 aliphatic carbocycles. The van der Waals surface area contributed by atoms with Crippen molar-refractivity contribution >= 4 is 35.8 Å². The van der Waals surface area contributed by atoms with Gasteiger partial charge in [0, 0.05) is 17.6 Å². The molecule has 0 amide bonds. The quantitative estimate of drug-likeness (QED) is 0.666. The van der Waals surface area contributed by atoms with E-state index in [2.05, 4.69) is 15.9 Å². The summed E-state index contributed by atoms with van der Waals surface area (Å²) < 4.78 is 58.4. The van der Waals surface area contributed by atoms with Gasteiger partial charge in [-0.3, -0.25) is 0 Å². The molecule has 1 aliphatic heterocycles. The standard InChI is InChI=1S/C18H20BrNO5S2/c1-25-15-4-8-16(9-5-15)26(21,22)17-10-12-20(13-11-17)27(23,24)18-6-2-14(19)3-7-18/h2-9,17H,10-13H2,1H3. The Labute approximate surface area is 168 Å². The molecule has 1 heterocycles. The van der Waals surface area contributed by atoms with Crippen LogP contribution in [0, 0.1) is 0 Å². The Morgan fingerprint density at radius 1 is 0.889 bits per heavy atom. The van der Waals surface area contributed by atoms with Gasteiger partial charge in [-0.1, -0.05) is 15.9 Å². The molecule has 1 aliphatic rings. The monoisotopic (exact) mass is 473 g/mol. The van der Waals surface area contributed by atoms with Gasteiger partial charge in [0.2, 0.25) is 10.0 Å². The highest BCUT2D eigenvalue weighted by Gasteiger charge is 2.35. The first-order valence-corrected chi connectivity index (χ1v) is 12.2. The minimum absolute atomic E-state index is 0.179. The maximum atomic E-state index is 12.8. The third kappa shape index (κ3) is 4.21. The lowest BCUT2D eigenvalue weighted by Crippen LogP contribution is -2.42. The van der Waals surface area contributed by atoms with Crippen molar-refractivity contribution in [2.45, 2.75) is 27.9 Å². The second-order valence-electron chi connectivity index (χ2n) is 6.28. The smallest absolute Gasteiger partial charge is 0.243 e. The molecule has 6 nitrogen and oxygen atoms in total. The van der Waals surface area contributed by atoms with Gasteiger partial charge >= 0.3 is 0 Å². The summed E-state index contributed by atoms with van der Waals surface area (Å²) in [5.41, 5.74) is 0. The number of nitrogens with zero attached hydrogens (tertiary/aromatic N) is 1. The molecule has 3 rings (SSSR count). The Morgan fingerprint density at radius 2 is 1.41 bits per heavy atom. The highest BCUT2D eigenvalue weighted by atomic mass is 79.9. The van der Waals surface area contributed by atoms with Crippen molar-refractivity contribution in [1.29, 1.82) is 0 Å². The van der Waals surface area contributed by atoms with Crippen LogP contribution in [-0.4, -0.2) is 46.6 Å². The Morgan fingerprint density at radius 3 is 1.93 bits per heavy atom. The number of ether oxygens (including phenoxy) is 1. The molecular weight excluding hydrogens is 454 g/mol. The lowest BCUT2D eigenvalue weighted by molar-refractivity contribution is 0.345. The molecule has 2 aromatic carbocycles. The van der Waals surface area contributed by atoms with Crippen LogP contribution in [0.3, 0.4) is 0 Å². The van der Waals surface area contributed by atoms with Crippen LogP contribution >= 0.6 is 15.9 Å². The van der Waals surface area contributed by atoms with Crippen LogP contribution in [0.2, 0.25) is 0 Å². The number of piperidine rings is 1. The second kappa shape index (κ2) is 7.90. The van der Waals surface area contributed by atoms with E-state index in [0.29, 0.717) is 5.75 Å². The zero-order valence-corrected chi connectivity index (χ0v) is 17.9. The summed E-state index contributed by atoms with van der Waals surface area (Å²) in [6.45, 7) is 0.358. The van der Waals surface area contributed by atoms with Gasteiger partial charge in [-0.05, 0) is 61.4 Å². The van der Waals surface area contributed by atoms with E-state index in [4.69, 9.17) is 4.74 Å². The summed E-state index contributed by atoms with van der Waals surface area (Å²) in [6, 6.07) is 12.7. The van der Waals surface area contributed by atoms with Gasteiger partial charge in [0.15, 0.2) is 9.84 Å². The Balaban J connectivity index is 1.73. The van der Waals surface area contributed by atoms with Crippen molar-refractivity contribution < 1.29 is 21.6 Å². The van der Waals surface area contributed by atoms with Crippen LogP contribution < -0.4 is 4.74 Å². The normalized spacial score (nSPS) is 17.0. The van der Waals surface area contributed by atoms with Gasteiger partial charge in [-0.15, -0.1) is 0 Å². The van der Waals surface area contributed by atoms with Gasteiger partial charge in [0.25, 0.3) is 0 Å². The third-order valence-electron chi connectivity index (χ3n) is 4.68. The summed E-state index contributed by atoms with van der Waals surface area (Å²) >= 11 is 3.29. The summed E-state index contributed by atoms with van der Waals surface area (Å²) in [7, 11) is -5.61. The van der Waals surface area contributed by atoms with Gasteiger partial charge in [0.1, 0.15) is 5.75 Å². The average Bonchev–Trinajstić information content (AvgIpc) is 2.68. The lowest BCUT2D eigenvalue weighted by atomic mass is 10.2. The maximum absolute atomic E-state index is 12.8. The third-order valence-corrected chi connectivity index (χ3v) is 9.40. The molecule has 0 atom stereocenters. The Hall–Kier alpha value is -1.42. The van der Waals surface area contributed by atoms with Crippen molar-refractivity contribution in [1.82, 2.24) is 4.31 Å². The SMILES string of the molecule is COc1ccc(S(=O)(=O)C2CCN(S(=O)(=O)c3ccc(Br)cc3)CC2)cc1. The summed E-state index contributed by atoms with van der Waals surface area (Å²) in [6.07, 6.45) is 0.536. The molecule has 0 unspecified atom stereocenters. The fraction of sp³-hybridized carbons (Fsp3) is 0.333. The summed E-state index contributed by atoms with van der Waals surface area (Å²) in [4.78, 5) is 0.444. The zero-order chi connectivity index (χ0) is 19.7. The molecule has 2 aromatic rings. The molecule has 1 saturated heterocycles. The zero-order valence-electron chi connectivity index (χ0n) is 14.7. The van der Waals surface area contributed by atoms with E-state index in [-0.39, 0.29) is 35.7 Å². The molecule has 146 valence electrons. The number of hydrogen-bond donors (Lipinski definition) is 0. The molecule has 0 aromatic heterocycles. The predicted octanol–water partition coefficient (Wildman–Crippen LogP) is 3.08. The van der Waals surface area contributed by atoms with Gasteiger partial charge in [0.05, 0.1) is 22.2 Å². The highest BCUT2D eigenvalue weighted by Crippen LogP contribution is 2.29. The fourth-order valence-electron chi connectivity index (χ4n) is 3.10. The molecule has 0 radical (unpaired) electrons. The van der Waals surface area contributed by atoms with Crippen molar-refractivity contribution in [3.8, 4) is 5.75 Å². The van der Waals surface area contributed by atoms with E-state index in [9.17, 15) is 16.8 Å². The van der Waals surface area contributed by atoms with E-state index >= 15 is 0 Å². The fourth-order valence-corrected chi connectivity index (χ4v) is 6.56. The molecular formula is C18H20BrNO5S2. The number of sulfone groups is 1. The first-order valence-electron chi connectivity index (χ1n) is 8.39. The van der Waals surface area contributed by atoms with E-state index in [1.54, 1.807) is 36.4 Å². The van der Waals surface area contributed by atoms with Gasteiger partial charge < -0.3 is 4.74 Å². The Kier molecular flexibility index (Phi) is 5.95. The maximum Gasteiger partial charge on any atom is 0.243 e. The van der Waals surface area contributed by atoms with Gasteiger partial charge in [-0.2, -0.15) is 4.31 Å². The largest absolute Gasteiger partial charge is 0.497 e. The Bertz CT molecular complexity index is 995. The molecule has 0 bridgehead atoms. The number of hydrogen-bond acceptors (Lipinski definition) is 5. The second-order valence-corrected chi connectivity index (χ2v) is 11.4. The lowest BCUT2D eigenvalue weighted by Gasteiger charge is -2.31. The van der Waals surface area contributed by atoms with Crippen LogP contribution in [-0.2, 0) is 19.9 Å². The van der Waals surface area contributed by atoms with E-state index in [1.165, 1.54) is 23.5 Å². The van der Waals surface area contributed by atoms with Crippen molar-refractivity contribution in [2.24, 2.45) is 0 Å². The van der Waals surface area contributed by atoms with Crippen molar-refractivity contribution in [3.05, 3.63) is 53.0 Å². The van der Waals surface area contributed by atoms with E-state index < -0.39 is 25.1 Å². The number of rotatable bonds is 5. The highest BCUT2D eigenvalue weighted by molar-refractivity contribution is 9.10. The molecule has 1 fully saturated rings. The number of sulfonamides is 1. The molecule has 9 heteroatoms. The van der Waals surface area contributed by atoms with Crippen molar-refractivity contribution in [2.75, 3.05) is 20.2 Å². The molecule has 0 spiro atoms. The molecule has 27 heavy (non-hydrogen) atoms. The van der Waals surface area contributed by atoms with Crippen LogP contribution in [0.25, 0.3) is 0 Å². The first-order chi connectivity index (χ1) is 12.7. The van der Waals surface area contributed by atoms with Crippen LogP contribution in [0.4, 0.5) is 0 Å².